The topological polar surface area (TPSA) is 66.2 Å². The molecule has 4 heteroatoms. The Kier molecular flexibility index (Phi) is 7.62. The predicted molar refractivity (Wildman–Crippen MR) is 159 cm³/mol. The minimum Gasteiger partial charge on any atom is -0.507 e. The standard InChI is InChI=1S/C18H15NO.C17H11NO/c1-13(12-15-7-3-5-9-18(15)20)16-11-10-14-6-2-4-8-17(14)19-16;19-17-8-4-2-6-14(17)10-12-15-11-9-13-5-1-3-7-16(13)18-15/h2-12,20H,1H3;1-9,11,19H/b13-12+;. The average molecular weight is 507 g/mol. The summed E-state index contributed by atoms with van der Waals surface area (Å²) >= 11 is 0. The van der Waals surface area contributed by atoms with Crippen molar-refractivity contribution in [2.24, 2.45) is 0 Å². The van der Waals surface area contributed by atoms with E-state index in [1.807, 2.05) is 104 Å². The van der Waals surface area contributed by atoms with E-state index >= 15 is 0 Å². The number of allylic oxidation sites excluding steroid dienone is 1. The van der Waals surface area contributed by atoms with Crippen LogP contribution in [0.1, 0.15) is 29.4 Å². The Hall–Kier alpha value is -5.40. The van der Waals surface area contributed by atoms with Crippen molar-refractivity contribution in [2.75, 3.05) is 0 Å². The first-order chi connectivity index (χ1) is 19.1. The maximum absolute atomic E-state index is 9.81. The highest BCUT2D eigenvalue weighted by molar-refractivity contribution is 5.85. The highest BCUT2D eigenvalue weighted by Crippen LogP contribution is 2.24. The number of fused-ring (bicyclic) bond motifs is 2. The zero-order valence-corrected chi connectivity index (χ0v) is 21.4. The van der Waals surface area contributed by atoms with Crippen molar-refractivity contribution in [3.05, 3.63) is 144 Å². The second-order valence-electron chi connectivity index (χ2n) is 8.93. The van der Waals surface area contributed by atoms with E-state index in [-0.39, 0.29) is 11.5 Å². The quantitative estimate of drug-likeness (QED) is 0.235. The number of benzene rings is 4. The molecule has 4 nitrogen and oxygen atoms in total. The van der Waals surface area contributed by atoms with Crippen LogP contribution in [0.3, 0.4) is 0 Å². The van der Waals surface area contributed by atoms with Crippen LogP contribution >= 0.6 is 0 Å². The van der Waals surface area contributed by atoms with Crippen LogP contribution in [0.25, 0.3) is 33.5 Å². The lowest BCUT2D eigenvalue weighted by Gasteiger charge is -2.04. The molecular weight excluding hydrogens is 480 g/mol. The van der Waals surface area contributed by atoms with E-state index in [2.05, 4.69) is 27.9 Å². The third-order valence-electron chi connectivity index (χ3n) is 6.14. The summed E-state index contributed by atoms with van der Waals surface area (Å²) in [5.74, 6) is 6.38. The number of rotatable bonds is 2. The van der Waals surface area contributed by atoms with E-state index in [1.165, 1.54) is 0 Å². The van der Waals surface area contributed by atoms with Gasteiger partial charge in [0.15, 0.2) is 0 Å². The van der Waals surface area contributed by atoms with Crippen LogP contribution in [0.15, 0.2) is 121 Å². The van der Waals surface area contributed by atoms with Crippen LogP contribution in [0.5, 0.6) is 11.5 Å². The minimum atomic E-state index is 0.191. The molecule has 2 aromatic heterocycles. The Morgan fingerprint density at radius 2 is 1.18 bits per heavy atom. The van der Waals surface area contributed by atoms with Gasteiger partial charge in [0.2, 0.25) is 0 Å². The van der Waals surface area contributed by atoms with E-state index < -0.39 is 0 Å². The molecule has 0 aliphatic rings. The molecule has 2 heterocycles. The summed E-state index contributed by atoms with van der Waals surface area (Å²) in [6.45, 7) is 2.00. The number of nitrogens with zero attached hydrogens (tertiary/aromatic N) is 2. The molecule has 0 radical (unpaired) electrons. The number of pyridine rings is 2. The summed E-state index contributed by atoms with van der Waals surface area (Å²) in [4.78, 5) is 9.12. The number of phenolic OH excluding ortho intramolecular Hbond substituents is 2. The van der Waals surface area contributed by atoms with Gasteiger partial charge in [0, 0.05) is 16.3 Å². The molecule has 0 saturated heterocycles. The minimum absolute atomic E-state index is 0.191. The van der Waals surface area contributed by atoms with Crippen LogP contribution in [0.2, 0.25) is 0 Å². The van der Waals surface area contributed by atoms with Gasteiger partial charge < -0.3 is 10.2 Å². The molecule has 0 aliphatic heterocycles. The molecule has 0 unspecified atom stereocenters. The molecule has 0 saturated carbocycles. The molecular formula is C35H26N2O2. The van der Waals surface area contributed by atoms with Crippen LogP contribution in [-0.4, -0.2) is 20.2 Å². The maximum Gasteiger partial charge on any atom is 0.131 e. The monoisotopic (exact) mass is 506 g/mol. The van der Waals surface area contributed by atoms with Crippen molar-refractivity contribution in [2.45, 2.75) is 6.92 Å². The van der Waals surface area contributed by atoms with Gasteiger partial charge in [0.1, 0.15) is 17.2 Å². The van der Waals surface area contributed by atoms with Crippen LogP contribution in [0.4, 0.5) is 0 Å². The second kappa shape index (κ2) is 11.8. The summed E-state index contributed by atoms with van der Waals surface area (Å²) in [5.41, 5.74) is 5.96. The van der Waals surface area contributed by atoms with Gasteiger partial charge in [0.25, 0.3) is 0 Å². The third-order valence-corrected chi connectivity index (χ3v) is 6.14. The van der Waals surface area contributed by atoms with Gasteiger partial charge in [-0.15, -0.1) is 0 Å². The lowest BCUT2D eigenvalue weighted by atomic mass is 10.1. The maximum atomic E-state index is 9.81. The van der Waals surface area contributed by atoms with Gasteiger partial charge in [-0.05, 0) is 67.0 Å². The van der Waals surface area contributed by atoms with Crippen molar-refractivity contribution in [3.63, 3.8) is 0 Å². The SMILES string of the molecule is C/C(=C\c1ccccc1O)c1ccc2ccccc2n1.Oc1ccccc1C#Cc1ccc2ccccc2n1. The number of aromatic nitrogens is 2. The van der Waals surface area contributed by atoms with Gasteiger partial charge in [-0.25, -0.2) is 9.97 Å². The van der Waals surface area contributed by atoms with Crippen LogP contribution in [0, 0.1) is 11.8 Å². The first-order valence-corrected chi connectivity index (χ1v) is 12.5. The summed E-state index contributed by atoms with van der Waals surface area (Å²) in [6.07, 6.45) is 1.95. The number of hydrogen-bond acceptors (Lipinski definition) is 4. The van der Waals surface area contributed by atoms with Crippen molar-refractivity contribution >= 4 is 33.5 Å². The molecule has 0 atom stereocenters. The van der Waals surface area contributed by atoms with Crippen molar-refractivity contribution in [1.82, 2.24) is 9.97 Å². The van der Waals surface area contributed by atoms with Crippen molar-refractivity contribution in [3.8, 4) is 23.3 Å². The van der Waals surface area contributed by atoms with Gasteiger partial charge in [0.05, 0.1) is 22.3 Å². The first-order valence-electron chi connectivity index (χ1n) is 12.5. The largest absolute Gasteiger partial charge is 0.507 e. The van der Waals surface area contributed by atoms with Gasteiger partial charge >= 0.3 is 0 Å². The van der Waals surface area contributed by atoms with Crippen LogP contribution in [-0.2, 0) is 0 Å². The Bertz CT molecular complexity index is 1860. The molecule has 0 amide bonds. The predicted octanol–water partition coefficient (Wildman–Crippen LogP) is 7.84. The van der Waals surface area contributed by atoms with Gasteiger partial charge in [-0.2, -0.15) is 0 Å². The van der Waals surface area contributed by atoms with Crippen LogP contribution < -0.4 is 0 Å². The van der Waals surface area contributed by atoms with E-state index in [9.17, 15) is 10.2 Å². The fourth-order valence-corrected chi connectivity index (χ4v) is 4.05. The molecule has 6 rings (SSSR count). The lowest BCUT2D eigenvalue weighted by molar-refractivity contribution is 0.473. The summed E-state index contributed by atoms with van der Waals surface area (Å²) in [7, 11) is 0. The third kappa shape index (κ3) is 6.30. The van der Waals surface area contributed by atoms with E-state index in [1.54, 1.807) is 24.3 Å². The van der Waals surface area contributed by atoms with Crippen molar-refractivity contribution < 1.29 is 10.2 Å². The zero-order chi connectivity index (χ0) is 27.0. The Morgan fingerprint density at radius 3 is 1.90 bits per heavy atom. The smallest absolute Gasteiger partial charge is 0.131 e. The molecule has 0 spiro atoms. The summed E-state index contributed by atoms with van der Waals surface area (Å²) in [5, 5.41) is 21.7. The Labute approximate surface area is 227 Å². The highest BCUT2D eigenvalue weighted by atomic mass is 16.3. The Morgan fingerprint density at radius 1 is 0.590 bits per heavy atom. The molecule has 0 fully saturated rings. The first kappa shape index (κ1) is 25.3. The molecule has 39 heavy (non-hydrogen) atoms. The summed E-state index contributed by atoms with van der Waals surface area (Å²) < 4.78 is 0. The molecule has 2 N–H and O–H groups in total. The second-order valence-corrected chi connectivity index (χ2v) is 8.93. The number of hydrogen-bond donors (Lipinski definition) is 2. The molecule has 4 aromatic carbocycles. The molecule has 0 bridgehead atoms. The number of aromatic hydroxyl groups is 2. The Balaban J connectivity index is 0.000000158. The highest BCUT2D eigenvalue weighted by Gasteiger charge is 2.02. The van der Waals surface area contributed by atoms with E-state index in [0.29, 0.717) is 11.3 Å². The van der Waals surface area contributed by atoms with Gasteiger partial charge in [-0.3, -0.25) is 0 Å². The fraction of sp³-hybridized carbons (Fsp3) is 0.0286. The fourth-order valence-electron chi connectivity index (χ4n) is 4.05. The van der Waals surface area contributed by atoms with E-state index in [0.717, 1.165) is 38.6 Å². The number of para-hydroxylation sites is 4. The average Bonchev–Trinajstić information content (AvgIpc) is 2.98. The number of phenols is 2. The molecule has 188 valence electrons. The molecule has 6 aromatic rings. The zero-order valence-electron chi connectivity index (χ0n) is 21.4. The molecule has 0 aliphatic carbocycles. The normalized spacial score (nSPS) is 10.8. The van der Waals surface area contributed by atoms with E-state index in [4.69, 9.17) is 0 Å². The van der Waals surface area contributed by atoms with Crippen molar-refractivity contribution in [1.29, 1.82) is 0 Å². The van der Waals surface area contributed by atoms with Gasteiger partial charge in [-0.1, -0.05) is 84.8 Å². The lowest BCUT2D eigenvalue weighted by Crippen LogP contribution is -1.87. The summed E-state index contributed by atoms with van der Waals surface area (Å²) in [6, 6.07) is 38.2.